The minimum absolute atomic E-state index is 0.127. The fraction of sp³-hybridized carbons (Fsp3) is 0.133. The van der Waals surface area contributed by atoms with Crippen LogP contribution < -0.4 is 15.8 Å². The van der Waals surface area contributed by atoms with Crippen LogP contribution in [0.2, 0.25) is 0 Å². The van der Waals surface area contributed by atoms with E-state index in [1.54, 1.807) is 19.2 Å². The van der Waals surface area contributed by atoms with Crippen molar-refractivity contribution in [1.29, 1.82) is 0 Å². The topological polar surface area (TPSA) is 79.9 Å². The highest BCUT2D eigenvalue weighted by Crippen LogP contribution is 2.24. The van der Waals surface area contributed by atoms with Gasteiger partial charge in [0.2, 0.25) is 0 Å². The lowest BCUT2D eigenvalue weighted by atomic mass is 10.1. The van der Waals surface area contributed by atoms with Gasteiger partial charge in [-0.15, -0.1) is 0 Å². The van der Waals surface area contributed by atoms with Crippen LogP contribution in [0.3, 0.4) is 0 Å². The highest BCUT2D eigenvalue weighted by atomic mass is 19.1. The molecule has 0 aliphatic carbocycles. The number of amidine groups is 1. The van der Waals surface area contributed by atoms with Crippen molar-refractivity contribution >= 4 is 11.5 Å². The Kier molecular flexibility index (Phi) is 4.61. The maximum absolute atomic E-state index is 14.0. The third-order valence-electron chi connectivity index (χ3n) is 3.03. The van der Waals surface area contributed by atoms with Gasteiger partial charge in [-0.3, -0.25) is 0 Å². The summed E-state index contributed by atoms with van der Waals surface area (Å²) in [6.07, 6.45) is 0. The number of nitrogens with zero attached hydrogens (tertiary/aromatic N) is 1. The number of anilines is 1. The molecule has 0 spiro atoms. The highest BCUT2D eigenvalue weighted by Gasteiger charge is 2.07. The van der Waals surface area contributed by atoms with Gasteiger partial charge < -0.3 is 21.0 Å². The van der Waals surface area contributed by atoms with Crippen LogP contribution in [-0.2, 0) is 6.54 Å². The van der Waals surface area contributed by atoms with Crippen molar-refractivity contribution in [2.24, 2.45) is 10.9 Å². The molecule has 6 heteroatoms. The molecule has 0 atom stereocenters. The van der Waals surface area contributed by atoms with Crippen molar-refractivity contribution in [3.8, 4) is 5.75 Å². The lowest BCUT2D eigenvalue weighted by molar-refractivity contribution is 0.318. The molecule has 0 amide bonds. The number of oxime groups is 1. The standard InChI is InChI=1S/C15H16FN3O2/c1-21-14-5-3-2-4-13(14)18-9-11-7-6-10(8-12(11)16)15(17)19-20/h2-8,18,20H,9H2,1H3,(H2,17,19). The number of rotatable bonds is 5. The first-order chi connectivity index (χ1) is 10.2. The summed E-state index contributed by atoms with van der Waals surface area (Å²) in [6, 6.07) is 11.8. The Morgan fingerprint density at radius 3 is 2.76 bits per heavy atom. The number of nitrogens with two attached hydrogens (primary N) is 1. The van der Waals surface area contributed by atoms with E-state index in [1.807, 2.05) is 24.3 Å². The Morgan fingerprint density at radius 2 is 2.10 bits per heavy atom. The largest absolute Gasteiger partial charge is 0.495 e. The lowest BCUT2D eigenvalue weighted by Gasteiger charge is -2.11. The van der Waals surface area contributed by atoms with Crippen molar-refractivity contribution in [2.75, 3.05) is 12.4 Å². The molecule has 0 aliphatic rings. The second kappa shape index (κ2) is 6.60. The summed E-state index contributed by atoms with van der Waals surface area (Å²) < 4.78 is 19.2. The minimum Gasteiger partial charge on any atom is -0.495 e. The summed E-state index contributed by atoms with van der Waals surface area (Å²) in [5, 5.41) is 14.5. The molecular weight excluding hydrogens is 273 g/mol. The van der Waals surface area contributed by atoms with E-state index in [0.29, 0.717) is 23.4 Å². The quantitative estimate of drug-likeness (QED) is 0.342. The average Bonchev–Trinajstić information content (AvgIpc) is 2.53. The Hall–Kier alpha value is -2.76. The van der Waals surface area contributed by atoms with Crippen molar-refractivity contribution in [1.82, 2.24) is 0 Å². The molecule has 0 aromatic heterocycles. The van der Waals surface area contributed by atoms with Crippen LogP contribution in [0.4, 0.5) is 10.1 Å². The number of methoxy groups -OCH3 is 1. The first kappa shape index (κ1) is 14.6. The summed E-state index contributed by atoms with van der Waals surface area (Å²) in [4.78, 5) is 0. The van der Waals surface area contributed by atoms with Gasteiger partial charge in [-0.25, -0.2) is 4.39 Å². The summed E-state index contributed by atoms with van der Waals surface area (Å²) in [6.45, 7) is 0.294. The average molecular weight is 289 g/mol. The zero-order valence-corrected chi connectivity index (χ0v) is 11.5. The van der Waals surface area contributed by atoms with Crippen molar-refractivity contribution in [2.45, 2.75) is 6.54 Å². The molecule has 0 radical (unpaired) electrons. The second-order valence-corrected chi connectivity index (χ2v) is 4.35. The summed E-state index contributed by atoms with van der Waals surface area (Å²) in [5.74, 6) is 0.130. The van der Waals surface area contributed by atoms with Gasteiger partial charge in [0, 0.05) is 17.7 Å². The first-order valence-corrected chi connectivity index (χ1v) is 6.29. The van der Waals surface area contributed by atoms with Crippen LogP contribution in [-0.4, -0.2) is 18.2 Å². The Morgan fingerprint density at radius 1 is 1.33 bits per heavy atom. The molecule has 0 heterocycles. The molecule has 4 N–H and O–H groups in total. The lowest BCUT2D eigenvalue weighted by Crippen LogP contribution is -2.14. The maximum atomic E-state index is 14.0. The van der Waals surface area contributed by atoms with E-state index in [1.165, 1.54) is 6.07 Å². The monoisotopic (exact) mass is 289 g/mol. The molecule has 0 aliphatic heterocycles. The van der Waals surface area contributed by atoms with Crippen LogP contribution in [0.25, 0.3) is 0 Å². The second-order valence-electron chi connectivity index (χ2n) is 4.35. The maximum Gasteiger partial charge on any atom is 0.170 e. The molecule has 0 unspecified atom stereocenters. The normalized spacial score (nSPS) is 11.2. The van der Waals surface area contributed by atoms with E-state index in [9.17, 15) is 4.39 Å². The fourth-order valence-corrected chi connectivity index (χ4v) is 1.89. The summed E-state index contributed by atoms with van der Waals surface area (Å²) >= 11 is 0. The molecule has 0 saturated carbocycles. The predicted molar refractivity (Wildman–Crippen MR) is 79.2 cm³/mol. The number of ether oxygens (including phenoxy) is 1. The number of halogens is 1. The molecule has 0 bridgehead atoms. The number of benzene rings is 2. The molecule has 2 rings (SSSR count). The van der Waals surface area contributed by atoms with Crippen LogP contribution in [0, 0.1) is 5.82 Å². The van der Waals surface area contributed by atoms with Crippen LogP contribution in [0.1, 0.15) is 11.1 Å². The van der Waals surface area contributed by atoms with Crippen LogP contribution in [0.5, 0.6) is 5.75 Å². The number of hydrogen-bond donors (Lipinski definition) is 3. The zero-order valence-electron chi connectivity index (χ0n) is 11.5. The molecule has 0 saturated heterocycles. The third kappa shape index (κ3) is 3.42. The number of para-hydroxylation sites is 2. The van der Waals surface area contributed by atoms with Gasteiger partial charge in [0.05, 0.1) is 12.8 Å². The van der Waals surface area contributed by atoms with Gasteiger partial charge in [0.15, 0.2) is 5.84 Å². The molecular formula is C15H16FN3O2. The van der Waals surface area contributed by atoms with Crippen molar-refractivity contribution in [3.63, 3.8) is 0 Å². The van der Waals surface area contributed by atoms with Gasteiger partial charge in [0.1, 0.15) is 11.6 Å². The van der Waals surface area contributed by atoms with Gasteiger partial charge in [0.25, 0.3) is 0 Å². The molecule has 5 nitrogen and oxygen atoms in total. The van der Waals surface area contributed by atoms with Crippen LogP contribution >= 0.6 is 0 Å². The summed E-state index contributed by atoms with van der Waals surface area (Å²) in [5.41, 5.74) is 6.99. The smallest absolute Gasteiger partial charge is 0.170 e. The fourth-order valence-electron chi connectivity index (χ4n) is 1.89. The SMILES string of the molecule is COc1ccccc1NCc1ccc(C(N)=NO)cc1F. The van der Waals surface area contributed by atoms with E-state index in [2.05, 4.69) is 10.5 Å². The highest BCUT2D eigenvalue weighted by molar-refractivity contribution is 5.97. The molecule has 2 aromatic carbocycles. The Labute approximate surface area is 121 Å². The van der Waals surface area contributed by atoms with E-state index < -0.39 is 5.82 Å². The van der Waals surface area contributed by atoms with Crippen molar-refractivity contribution < 1.29 is 14.3 Å². The van der Waals surface area contributed by atoms with Gasteiger partial charge in [-0.05, 0) is 18.2 Å². The van der Waals surface area contributed by atoms with Crippen molar-refractivity contribution in [3.05, 3.63) is 59.4 Å². The number of hydrogen-bond acceptors (Lipinski definition) is 4. The predicted octanol–water partition coefficient (Wildman–Crippen LogP) is 2.54. The Balaban J connectivity index is 2.14. The van der Waals surface area contributed by atoms with E-state index in [4.69, 9.17) is 15.7 Å². The zero-order chi connectivity index (χ0) is 15.2. The van der Waals surface area contributed by atoms with E-state index in [0.717, 1.165) is 5.69 Å². The summed E-state index contributed by atoms with van der Waals surface area (Å²) in [7, 11) is 1.58. The number of nitrogens with one attached hydrogen (secondary N) is 1. The Bertz CT molecular complexity index is 659. The van der Waals surface area contributed by atoms with E-state index in [-0.39, 0.29) is 5.84 Å². The van der Waals surface area contributed by atoms with Gasteiger partial charge in [-0.2, -0.15) is 0 Å². The molecule has 21 heavy (non-hydrogen) atoms. The molecule has 110 valence electrons. The third-order valence-corrected chi connectivity index (χ3v) is 3.03. The van der Waals surface area contributed by atoms with Gasteiger partial charge >= 0.3 is 0 Å². The van der Waals surface area contributed by atoms with Crippen LogP contribution in [0.15, 0.2) is 47.6 Å². The molecule has 0 fully saturated rings. The minimum atomic E-state index is -0.429. The van der Waals surface area contributed by atoms with Gasteiger partial charge in [-0.1, -0.05) is 29.4 Å². The van der Waals surface area contributed by atoms with E-state index >= 15 is 0 Å². The molecule has 2 aromatic rings. The first-order valence-electron chi connectivity index (χ1n) is 6.29.